The highest BCUT2D eigenvalue weighted by Crippen LogP contribution is 2.20. The van der Waals surface area contributed by atoms with Gasteiger partial charge in [-0.25, -0.2) is 9.37 Å². The summed E-state index contributed by atoms with van der Waals surface area (Å²) in [7, 11) is 0. The number of nitrogens with one attached hydrogen (secondary N) is 1. The Morgan fingerprint density at radius 1 is 1.08 bits per heavy atom. The van der Waals surface area contributed by atoms with Gasteiger partial charge in [-0.3, -0.25) is 9.36 Å². The van der Waals surface area contributed by atoms with Gasteiger partial charge in [0.1, 0.15) is 17.3 Å². The highest BCUT2D eigenvalue weighted by Gasteiger charge is 2.14. The van der Waals surface area contributed by atoms with Gasteiger partial charge in [0.2, 0.25) is 0 Å². The molecule has 0 atom stereocenters. The molecule has 0 saturated heterocycles. The van der Waals surface area contributed by atoms with Gasteiger partial charge in [-0.05, 0) is 30.7 Å². The maximum Gasteiger partial charge on any atom is 0.263 e. The number of fused-ring (bicyclic) bond motifs is 1. The minimum absolute atomic E-state index is 0.113. The summed E-state index contributed by atoms with van der Waals surface area (Å²) in [5.41, 5.74) is 3.05. The van der Waals surface area contributed by atoms with Crippen molar-refractivity contribution in [3.63, 3.8) is 0 Å². The zero-order valence-corrected chi connectivity index (χ0v) is 13.7. The molecule has 0 saturated carbocycles. The molecule has 0 bridgehead atoms. The first kappa shape index (κ1) is 15.3. The van der Waals surface area contributed by atoms with E-state index in [2.05, 4.69) is 9.97 Å². The zero-order chi connectivity index (χ0) is 17.4. The third-order valence-corrected chi connectivity index (χ3v) is 4.17. The van der Waals surface area contributed by atoms with Crippen molar-refractivity contribution in [3.8, 4) is 11.4 Å². The van der Waals surface area contributed by atoms with E-state index < -0.39 is 0 Å². The van der Waals surface area contributed by atoms with Gasteiger partial charge in [0.15, 0.2) is 0 Å². The van der Waals surface area contributed by atoms with E-state index in [1.165, 1.54) is 12.1 Å². The van der Waals surface area contributed by atoms with Gasteiger partial charge in [-0.2, -0.15) is 0 Å². The number of benzene rings is 2. The smallest absolute Gasteiger partial charge is 0.263 e. The third-order valence-electron chi connectivity index (χ3n) is 4.17. The molecule has 0 aliphatic carbocycles. The van der Waals surface area contributed by atoms with E-state index in [0.717, 1.165) is 16.8 Å². The molecule has 0 spiro atoms. The molecule has 124 valence electrons. The number of aromatic amines is 1. The largest absolute Gasteiger partial charge is 0.343 e. The molecule has 2 aromatic heterocycles. The summed E-state index contributed by atoms with van der Waals surface area (Å²) < 4.78 is 14.8. The summed E-state index contributed by atoms with van der Waals surface area (Å²) in [4.78, 5) is 20.8. The molecule has 1 N–H and O–H groups in total. The number of rotatable bonds is 3. The average Bonchev–Trinajstić information content (AvgIpc) is 3.00. The van der Waals surface area contributed by atoms with Crippen molar-refractivity contribution >= 4 is 11.0 Å². The summed E-state index contributed by atoms with van der Waals surface area (Å²) in [5.74, 6) is 0.290. The van der Waals surface area contributed by atoms with E-state index in [4.69, 9.17) is 0 Å². The summed E-state index contributed by atoms with van der Waals surface area (Å²) in [6, 6.07) is 17.6. The highest BCUT2D eigenvalue weighted by molar-refractivity contribution is 5.78. The van der Waals surface area contributed by atoms with Gasteiger partial charge in [0.25, 0.3) is 5.56 Å². The predicted octanol–water partition coefficient (Wildman–Crippen LogP) is 3.89. The number of nitrogens with zero attached hydrogens (tertiary/aromatic N) is 2. The second kappa shape index (κ2) is 6.02. The standard InChI is InChI=1S/C20H16FN3O/c1-13-11-17-18(22-13)23-19(15-5-3-2-4-6-15)24(20(17)25)12-14-7-9-16(21)10-8-14/h2-11,22H,12H2,1H3. The lowest BCUT2D eigenvalue weighted by Crippen LogP contribution is -2.23. The second-order valence-corrected chi connectivity index (χ2v) is 6.03. The minimum atomic E-state index is -0.297. The van der Waals surface area contributed by atoms with E-state index in [0.29, 0.717) is 23.4 Å². The predicted molar refractivity (Wildman–Crippen MR) is 96.0 cm³/mol. The first-order chi connectivity index (χ1) is 12.1. The molecular formula is C20H16FN3O. The molecule has 0 fully saturated rings. The Balaban J connectivity index is 1.94. The molecule has 4 aromatic rings. The minimum Gasteiger partial charge on any atom is -0.343 e. The van der Waals surface area contributed by atoms with Crippen LogP contribution in [0.2, 0.25) is 0 Å². The van der Waals surface area contributed by atoms with Gasteiger partial charge in [-0.1, -0.05) is 42.5 Å². The molecule has 0 radical (unpaired) electrons. The highest BCUT2D eigenvalue weighted by atomic mass is 19.1. The Bertz CT molecular complexity index is 1100. The molecule has 4 rings (SSSR count). The first-order valence-corrected chi connectivity index (χ1v) is 8.02. The molecule has 5 heteroatoms. The Hall–Kier alpha value is -3.21. The van der Waals surface area contributed by atoms with Crippen molar-refractivity contribution in [2.75, 3.05) is 0 Å². The Labute approximate surface area is 143 Å². The molecule has 0 aliphatic rings. The van der Waals surface area contributed by atoms with Gasteiger partial charge >= 0.3 is 0 Å². The molecule has 4 nitrogen and oxygen atoms in total. The molecule has 25 heavy (non-hydrogen) atoms. The van der Waals surface area contributed by atoms with Gasteiger partial charge in [0.05, 0.1) is 11.9 Å². The van der Waals surface area contributed by atoms with Crippen LogP contribution in [0, 0.1) is 12.7 Å². The van der Waals surface area contributed by atoms with Crippen molar-refractivity contribution < 1.29 is 4.39 Å². The monoisotopic (exact) mass is 333 g/mol. The Morgan fingerprint density at radius 3 is 2.52 bits per heavy atom. The number of hydrogen-bond donors (Lipinski definition) is 1. The number of H-pyrrole nitrogens is 1. The molecule has 0 aliphatic heterocycles. The van der Waals surface area contributed by atoms with Crippen molar-refractivity contribution in [2.24, 2.45) is 0 Å². The van der Waals surface area contributed by atoms with Crippen molar-refractivity contribution in [1.29, 1.82) is 0 Å². The van der Waals surface area contributed by atoms with E-state index in [-0.39, 0.29) is 11.4 Å². The van der Waals surface area contributed by atoms with Gasteiger partial charge in [0, 0.05) is 11.3 Å². The SMILES string of the molecule is Cc1cc2c(=O)n(Cc3ccc(F)cc3)c(-c3ccccc3)nc2[nH]1. The van der Waals surface area contributed by atoms with Crippen LogP contribution in [0.5, 0.6) is 0 Å². The molecular weight excluding hydrogens is 317 g/mol. The lowest BCUT2D eigenvalue weighted by molar-refractivity contribution is 0.626. The van der Waals surface area contributed by atoms with Crippen LogP contribution < -0.4 is 5.56 Å². The fraction of sp³-hybridized carbons (Fsp3) is 0.100. The summed E-state index contributed by atoms with van der Waals surface area (Å²) >= 11 is 0. The van der Waals surface area contributed by atoms with Crippen LogP contribution >= 0.6 is 0 Å². The molecule has 2 heterocycles. The molecule has 0 amide bonds. The van der Waals surface area contributed by atoms with Gasteiger partial charge < -0.3 is 4.98 Å². The average molecular weight is 333 g/mol. The maximum atomic E-state index is 13.2. The van der Waals surface area contributed by atoms with Crippen molar-refractivity contribution in [3.05, 3.63) is 88.1 Å². The van der Waals surface area contributed by atoms with Crippen LogP contribution in [0.1, 0.15) is 11.3 Å². The van der Waals surface area contributed by atoms with E-state index in [9.17, 15) is 9.18 Å². The number of halogens is 1. The van der Waals surface area contributed by atoms with Gasteiger partial charge in [-0.15, -0.1) is 0 Å². The van der Waals surface area contributed by atoms with E-state index in [1.54, 1.807) is 22.8 Å². The second-order valence-electron chi connectivity index (χ2n) is 6.03. The van der Waals surface area contributed by atoms with Crippen LogP contribution in [0.25, 0.3) is 22.4 Å². The fourth-order valence-electron chi connectivity index (χ4n) is 2.96. The summed E-state index contributed by atoms with van der Waals surface area (Å²) in [5, 5.41) is 0.555. The van der Waals surface area contributed by atoms with Crippen molar-refractivity contribution in [2.45, 2.75) is 13.5 Å². The van der Waals surface area contributed by atoms with Crippen LogP contribution in [0.3, 0.4) is 0 Å². The van der Waals surface area contributed by atoms with E-state index in [1.807, 2.05) is 37.3 Å². The normalized spacial score (nSPS) is 11.1. The van der Waals surface area contributed by atoms with Crippen molar-refractivity contribution in [1.82, 2.24) is 14.5 Å². The number of aryl methyl sites for hydroxylation is 1. The van der Waals surface area contributed by atoms with Crippen LogP contribution in [-0.2, 0) is 6.54 Å². The quantitative estimate of drug-likeness (QED) is 0.618. The summed E-state index contributed by atoms with van der Waals surface area (Å²) in [6.07, 6.45) is 0. The number of hydrogen-bond acceptors (Lipinski definition) is 2. The third kappa shape index (κ3) is 2.85. The summed E-state index contributed by atoms with van der Waals surface area (Å²) in [6.45, 7) is 2.23. The van der Waals surface area contributed by atoms with Crippen LogP contribution in [0.4, 0.5) is 4.39 Å². The van der Waals surface area contributed by atoms with Crippen LogP contribution in [-0.4, -0.2) is 14.5 Å². The van der Waals surface area contributed by atoms with E-state index >= 15 is 0 Å². The lowest BCUT2D eigenvalue weighted by Gasteiger charge is -2.12. The number of aromatic nitrogens is 3. The molecule has 2 aromatic carbocycles. The Kier molecular flexibility index (Phi) is 3.69. The molecule has 0 unspecified atom stereocenters. The first-order valence-electron chi connectivity index (χ1n) is 8.02. The fourth-order valence-corrected chi connectivity index (χ4v) is 2.96. The topological polar surface area (TPSA) is 50.7 Å². The lowest BCUT2D eigenvalue weighted by atomic mass is 10.1. The Morgan fingerprint density at radius 2 is 1.80 bits per heavy atom. The zero-order valence-electron chi connectivity index (χ0n) is 13.7. The maximum absolute atomic E-state index is 13.2. The van der Waals surface area contributed by atoms with Crippen LogP contribution in [0.15, 0.2) is 65.5 Å².